The van der Waals surface area contributed by atoms with Crippen LogP contribution in [0.15, 0.2) is 34.9 Å². The van der Waals surface area contributed by atoms with Crippen molar-refractivity contribution < 1.29 is 18.8 Å². The molecule has 0 spiro atoms. The summed E-state index contributed by atoms with van der Waals surface area (Å²) in [6.07, 6.45) is 0. The molecule has 0 aliphatic carbocycles. The molecule has 5 heteroatoms. The van der Waals surface area contributed by atoms with E-state index in [0.717, 1.165) is 5.56 Å². The van der Waals surface area contributed by atoms with Gasteiger partial charge in [0.1, 0.15) is 0 Å². The standard InChI is InChI=1S/C13H13NO4/c1-3-17-13(15)12-11(16-2)10(14-18-12)9-7-5-4-6-8-9/h4-8H,3H2,1-2H3. The van der Waals surface area contributed by atoms with Gasteiger partial charge in [-0.1, -0.05) is 35.5 Å². The molecule has 0 N–H and O–H groups in total. The van der Waals surface area contributed by atoms with Gasteiger partial charge in [-0.3, -0.25) is 0 Å². The molecule has 0 aliphatic rings. The van der Waals surface area contributed by atoms with Crippen LogP contribution in [-0.2, 0) is 4.74 Å². The lowest BCUT2D eigenvalue weighted by Crippen LogP contribution is -2.04. The number of hydrogen-bond donors (Lipinski definition) is 0. The van der Waals surface area contributed by atoms with Crippen LogP contribution in [0.1, 0.15) is 17.5 Å². The van der Waals surface area contributed by atoms with Crippen LogP contribution in [0.25, 0.3) is 11.3 Å². The first-order chi connectivity index (χ1) is 8.77. The highest BCUT2D eigenvalue weighted by Gasteiger charge is 2.25. The van der Waals surface area contributed by atoms with Crippen molar-refractivity contribution in [3.05, 3.63) is 36.1 Å². The molecule has 0 aliphatic heterocycles. The number of hydrogen-bond acceptors (Lipinski definition) is 5. The van der Waals surface area contributed by atoms with Crippen molar-refractivity contribution in [2.24, 2.45) is 0 Å². The first-order valence-electron chi connectivity index (χ1n) is 5.54. The second-order valence-electron chi connectivity index (χ2n) is 3.48. The van der Waals surface area contributed by atoms with Crippen molar-refractivity contribution in [1.29, 1.82) is 0 Å². The quantitative estimate of drug-likeness (QED) is 0.777. The highest BCUT2D eigenvalue weighted by atomic mass is 16.6. The van der Waals surface area contributed by atoms with Crippen molar-refractivity contribution in [3.63, 3.8) is 0 Å². The molecule has 18 heavy (non-hydrogen) atoms. The predicted octanol–water partition coefficient (Wildman–Crippen LogP) is 2.53. The topological polar surface area (TPSA) is 61.6 Å². The smallest absolute Gasteiger partial charge is 0.381 e. The van der Waals surface area contributed by atoms with E-state index in [1.165, 1.54) is 7.11 Å². The summed E-state index contributed by atoms with van der Waals surface area (Å²) in [7, 11) is 1.46. The number of benzene rings is 1. The van der Waals surface area contributed by atoms with Crippen LogP contribution >= 0.6 is 0 Å². The van der Waals surface area contributed by atoms with Crippen molar-refractivity contribution in [2.75, 3.05) is 13.7 Å². The van der Waals surface area contributed by atoms with Gasteiger partial charge in [0, 0.05) is 5.56 Å². The third kappa shape index (κ3) is 2.20. The number of ether oxygens (including phenoxy) is 2. The Morgan fingerprint density at radius 2 is 2.06 bits per heavy atom. The van der Waals surface area contributed by atoms with E-state index in [1.807, 2.05) is 30.3 Å². The van der Waals surface area contributed by atoms with Gasteiger partial charge in [-0.15, -0.1) is 0 Å². The van der Waals surface area contributed by atoms with E-state index >= 15 is 0 Å². The molecule has 94 valence electrons. The molecule has 0 atom stereocenters. The number of rotatable bonds is 4. The van der Waals surface area contributed by atoms with Crippen LogP contribution in [0.5, 0.6) is 5.75 Å². The molecule has 2 rings (SSSR count). The third-order valence-electron chi connectivity index (χ3n) is 2.36. The molecule has 0 amide bonds. The largest absolute Gasteiger partial charge is 0.490 e. The highest BCUT2D eigenvalue weighted by Crippen LogP contribution is 2.32. The third-order valence-corrected chi connectivity index (χ3v) is 2.36. The summed E-state index contributed by atoms with van der Waals surface area (Å²) < 4.78 is 15.1. The molecule has 0 bridgehead atoms. The molecule has 1 aromatic carbocycles. The van der Waals surface area contributed by atoms with Gasteiger partial charge in [-0.2, -0.15) is 0 Å². The summed E-state index contributed by atoms with van der Waals surface area (Å²) in [6.45, 7) is 1.99. The van der Waals surface area contributed by atoms with E-state index in [1.54, 1.807) is 6.92 Å². The monoisotopic (exact) mass is 247 g/mol. The Labute approximate surface area is 104 Å². The first-order valence-corrected chi connectivity index (χ1v) is 5.54. The number of carbonyl (C=O) groups excluding carboxylic acids is 1. The SMILES string of the molecule is CCOC(=O)c1onc(-c2ccccc2)c1OC. The fourth-order valence-electron chi connectivity index (χ4n) is 1.58. The van der Waals surface area contributed by atoms with Crippen molar-refractivity contribution in [1.82, 2.24) is 5.16 Å². The Hall–Kier alpha value is -2.30. The molecule has 0 unspecified atom stereocenters. The molecule has 5 nitrogen and oxygen atoms in total. The zero-order valence-electron chi connectivity index (χ0n) is 10.2. The van der Waals surface area contributed by atoms with E-state index in [9.17, 15) is 4.79 Å². The highest BCUT2D eigenvalue weighted by molar-refractivity contribution is 5.92. The summed E-state index contributed by atoms with van der Waals surface area (Å²) >= 11 is 0. The van der Waals surface area contributed by atoms with E-state index < -0.39 is 5.97 Å². The van der Waals surface area contributed by atoms with Gasteiger partial charge in [0.2, 0.25) is 5.75 Å². The lowest BCUT2D eigenvalue weighted by molar-refractivity contribution is 0.0475. The van der Waals surface area contributed by atoms with E-state index in [4.69, 9.17) is 14.0 Å². The summed E-state index contributed by atoms with van der Waals surface area (Å²) in [5.74, 6) is -0.304. The average molecular weight is 247 g/mol. The fourth-order valence-corrected chi connectivity index (χ4v) is 1.58. The molecule has 1 heterocycles. The van der Waals surface area contributed by atoms with Gasteiger partial charge in [0.25, 0.3) is 5.76 Å². The van der Waals surface area contributed by atoms with Gasteiger partial charge >= 0.3 is 5.97 Å². The molecular formula is C13H13NO4. The number of aromatic nitrogens is 1. The maximum Gasteiger partial charge on any atom is 0.381 e. The Bertz CT molecular complexity index is 533. The van der Waals surface area contributed by atoms with Crippen LogP contribution < -0.4 is 4.74 Å². The zero-order chi connectivity index (χ0) is 13.0. The van der Waals surface area contributed by atoms with Crippen molar-refractivity contribution >= 4 is 5.97 Å². The number of nitrogens with zero attached hydrogens (tertiary/aromatic N) is 1. The molecule has 0 radical (unpaired) electrons. The Morgan fingerprint density at radius 3 is 2.67 bits per heavy atom. The molecule has 1 aromatic heterocycles. The van der Waals surface area contributed by atoms with Crippen LogP contribution in [0.3, 0.4) is 0 Å². The number of carbonyl (C=O) groups is 1. The van der Waals surface area contributed by atoms with Gasteiger partial charge in [0.15, 0.2) is 5.69 Å². The minimum atomic E-state index is -0.580. The maximum atomic E-state index is 11.6. The lowest BCUT2D eigenvalue weighted by atomic mass is 10.1. The predicted molar refractivity (Wildman–Crippen MR) is 64.4 cm³/mol. The lowest BCUT2D eigenvalue weighted by Gasteiger charge is -2.02. The molecule has 0 saturated carbocycles. The Balaban J connectivity index is 2.42. The first kappa shape index (κ1) is 12.2. The molecule has 2 aromatic rings. The normalized spacial score (nSPS) is 10.1. The van der Waals surface area contributed by atoms with E-state index in [2.05, 4.69) is 5.16 Å². The average Bonchev–Trinajstić information content (AvgIpc) is 2.83. The van der Waals surface area contributed by atoms with Crippen LogP contribution in [0.4, 0.5) is 0 Å². The number of methoxy groups -OCH3 is 1. The van der Waals surface area contributed by atoms with Crippen LogP contribution in [0.2, 0.25) is 0 Å². The zero-order valence-corrected chi connectivity index (χ0v) is 10.2. The second kappa shape index (κ2) is 5.35. The Kier molecular flexibility index (Phi) is 3.62. The van der Waals surface area contributed by atoms with Gasteiger partial charge in [0.05, 0.1) is 13.7 Å². The molecule has 0 saturated heterocycles. The molecule has 0 fully saturated rings. The van der Waals surface area contributed by atoms with Gasteiger partial charge in [-0.05, 0) is 6.92 Å². The maximum absolute atomic E-state index is 11.6. The number of esters is 1. The van der Waals surface area contributed by atoms with Gasteiger partial charge in [-0.25, -0.2) is 4.79 Å². The van der Waals surface area contributed by atoms with Crippen LogP contribution in [0, 0.1) is 0 Å². The van der Waals surface area contributed by atoms with Crippen molar-refractivity contribution in [2.45, 2.75) is 6.92 Å². The van der Waals surface area contributed by atoms with Crippen LogP contribution in [-0.4, -0.2) is 24.8 Å². The summed E-state index contributed by atoms with van der Waals surface area (Å²) in [5, 5.41) is 3.86. The van der Waals surface area contributed by atoms with Gasteiger partial charge < -0.3 is 14.0 Å². The fraction of sp³-hybridized carbons (Fsp3) is 0.231. The summed E-state index contributed by atoms with van der Waals surface area (Å²) in [4.78, 5) is 11.6. The van der Waals surface area contributed by atoms with Crippen molar-refractivity contribution in [3.8, 4) is 17.0 Å². The molecular weight excluding hydrogens is 234 g/mol. The minimum absolute atomic E-state index is 0.0156. The van der Waals surface area contributed by atoms with E-state index in [-0.39, 0.29) is 12.4 Å². The summed E-state index contributed by atoms with van der Waals surface area (Å²) in [6, 6.07) is 9.34. The van der Waals surface area contributed by atoms with E-state index in [0.29, 0.717) is 11.4 Å². The summed E-state index contributed by atoms with van der Waals surface area (Å²) in [5.41, 5.74) is 1.30. The Morgan fingerprint density at radius 1 is 1.33 bits per heavy atom. The minimum Gasteiger partial charge on any atom is -0.490 e. The second-order valence-corrected chi connectivity index (χ2v) is 3.48.